The molecule has 0 unspecified atom stereocenters. The van der Waals surface area contributed by atoms with Crippen LogP contribution in [0.5, 0.6) is 0 Å². The lowest BCUT2D eigenvalue weighted by molar-refractivity contribution is 0.0709. The first-order valence-corrected chi connectivity index (χ1v) is 9.84. The maximum atomic E-state index is 12.7. The van der Waals surface area contributed by atoms with Gasteiger partial charge in [0.05, 0.1) is 11.4 Å². The van der Waals surface area contributed by atoms with Gasteiger partial charge in [-0.05, 0) is 32.0 Å². The van der Waals surface area contributed by atoms with E-state index in [-0.39, 0.29) is 23.4 Å². The number of sulfonamides is 1. The van der Waals surface area contributed by atoms with Gasteiger partial charge in [-0.25, -0.2) is 18.1 Å². The number of piperazine rings is 1. The van der Waals surface area contributed by atoms with E-state index in [1.165, 1.54) is 12.1 Å². The first-order valence-electron chi connectivity index (χ1n) is 8.35. The summed E-state index contributed by atoms with van der Waals surface area (Å²) < 4.78 is 27.5. The van der Waals surface area contributed by atoms with Gasteiger partial charge in [-0.15, -0.1) is 0 Å². The van der Waals surface area contributed by atoms with Crippen LogP contribution in [-0.2, 0) is 16.6 Å². The van der Waals surface area contributed by atoms with Gasteiger partial charge in [-0.3, -0.25) is 9.89 Å². The first-order chi connectivity index (χ1) is 12.3. The molecule has 1 atom stereocenters. The largest absolute Gasteiger partial charge is 0.336 e. The molecule has 1 amide bonds. The second-order valence-electron chi connectivity index (χ2n) is 6.30. The standard InChI is InChI=1S/C16H22N6O3S/c1-11-10-22(7-6-17-11)16(23)13-4-3-5-14(8-13)26(24,25)18-9-15-19-12(2)20-21-15/h3-5,8,11,17-18H,6-7,9-10H2,1-2H3,(H,19,20,21)/t11-/m1/s1. The van der Waals surface area contributed by atoms with Gasteiger partial charge in [-0.2, -0.15) is 5.10 Å². The number of hydrogen-bond donors (Lipinski definition) is 3. The molecule has 9 nitrogen and oxygen atoms in total. The molecule has 0 radical (unpaired) electrons. The fraction of sp³-hybridized carbons (Fsp3) is 0.438. The van der Waals surface area contributed by atoms with E-state index < -0.39 is 10.0 Å². The van der Waals surface area contributed by atoms with Gasteiger partial charge in [0.25, 0.3) is 5.91 Å². The molecule has 1 aliphatic heterocycles. The number of nitrogens with zero attached hydrogens (tertiary/aromatic N) is 3. The van der Waals surface area contributed by atoms with Gasteiger partial charge in [0, 0.05) is 31.2 Å². The van der Waals surface area contributed by atoms with Crippen LogP contribution in [0, 0.1) is 6.92 Å². The zero-order chi connectivity index (χ0) is 18.7. The summed E-state index contributed by atoms with van der Waals surface area (Å²) in [6.45, 7) is 5.63. The molecule has 2 aromatic rings. The molecule has 1 saturated heterocycles. The van der Waals surface area contributed by atoms with Crippen molar-refractivity contribution < 1.29 is 13.2 Å². The van der Waals surface area contributed by atoms with Crippen LogP contribution in [0.25, 0.3) is 0 Å². The van der Waals surface area contributed by atoms with Crippen molar-refractivity contribution in [1.82, 2.24) is 30.1 Å². The molecule has 3 rings (SSSR count). The molecule has 1 fully saturated rings. The quantitative estimate of drug-likeness (QED) is 0.675. The maximum Gasteiger partial charge on any atom is 0.253 e. The number of carbonyl (C=O) groups is 1. The van der Waals surface area contributed by atoms with Crippen LogP contribution in [-0.4, -0.2) is 60.1 Å². The van der Waals surface area contributed by atoms with E-state index in [0.29, 0.717) is 30.3 Å². The van der Waals surface area contributed by atoms with Crippen molar-refractivity contribution >= 4 is 15.9 Å². The Hall–Kier alpha value is -2.30. The second kappa shape index (κ2) is 7.52. The Morgan fingerprint density at radius 2 is 2.23 bits per heavy atom. The minimum absolute atomic E-state index is 0.0276. The zero-order valence-electron chi connectivity index (χ0n) is 14.7. The highest BCUT2D eigenvalue weighted by Crippen LogP contribution is 2.15. The van der Waals surface area contributed by atoms with Crippen LogP contribution in [0.4, 0.5) is 0 Å². The summed E-state index contributed by atoms with van der Waals surface area (Å²) in [7, 11) is -3.77. The summed E-state index contributed by atoms with van der Waals surface area (Å²) in [6, 6.07) is 6.28. The van der Waals surface area contributed by atoms with Crippen molar-refractivity contribution in [3.8, 4) is 0 Å². The van der Waals surface area contributed by atoms with Crippen molar-refractivity contribution in [3.05, 3.63) is 41.5 Å². The van der Waals surface area contributed by atoms with Crippen LogP contribution in [0.3, 0.4) is 0 Å². The van der Waals surface area contributed by atoms with E-state index in [1.54, 1.807) is 24.0 Å². The first kappa shape index (κ1) is 18.5. The van der Waals surface area contributed by atoms with Gasteiger partial charge in [0.1, 0.15) is 5.82 Å². The Bertz CT molecular complexity index is 895. The van der Waals surface area contributed by atoms with E-state index in [9.17, 15) is 13.2 Å². The Labute approximate surface area is 152 Å². The fourth-order valence-corrected chi connectivity index (χ4v) is 3.83. The highest BCUT2D eigenvalue weighted by atomic mass is 32.2. The minimum atomic E-state index is -3.77. The van der Waals surface area contributed by atoms with Crippen molar-refractivity contribution in [3.63, 3.8) is 0 Å². The summed E-state index contributed by atoms with van der Waals surface area (Å²) in [5.74, 6) is 0.796. The van der Waals surface area contributed by atoms with Crippen LogP contribution in [0.15, 0.2) is 29.2 Å². The summed E-state index contributed by atoms with van der Waals surface area (Å²) in [6.07, 6.45) is 0. The lowest BCUT2D eigenvalue weighted by Crippen LogP contribution is -2.51. The Kier molecular flexibility index (Phi) is 5.35. The molecule has 26 heavy (non-hydrogen) atoms. The predicted octanol–water partition coefficient (Wildman–Crippen LogP) is 0.0255. The molecule has 1 aromatic carbocycles. The van der Waals surface area contributed by atoms with E-state index in [1.807, 2.05) is 6.92 Å². The molecule has 0 spiro atoms. The average molecular weight is 378 g/mol. The fourth-order valence-electron chi connectivity index (χ4n) is 2.81. The normalized spacial score (nSPS) is 18.1. The van der Waals surface area contributed by atoms with Crippen LogP contribution < -0.4 is 10.0 Å². The molecule has 0 saturated carbocycles. The number of aromatic nitrogens is 3. The molecule has 1 aromatic heterocycles. The number of amides is 1. The van der Waals surface area contributed by atoms with Crippen molar-refractivity contribution in [2.75, 3.05) is 19.6 Å². The van der Waals surface area contributed by atoms with Gasteiger partial charge < -0.3 is 10.2 Å². The molecule has 3 N–H and O–H groups in total. The zero-order valence-corrected chi connectivity index (χ0v) is 15.5. The molecule has 2 heterocycles. The molecule has 0 bridgehead atoms. The SMILES string of the molecule is Cc1nc(CNS(=O)(=O)c2cccc(C(=O)N3CCN[C@H](C)C3)c2)n[nH]1. The van der Waals surface area contributed by atoms with Crippen molar-refractivity contribution in [2.45, 2.75) is 31.3 Å². The Balaban J connectivity index is 1.74. The molecule has 1 aliphatic rings. The smallest absolute Gasteiger partial charge is 0.253 e. The summed E-state index contributed by atoms with van der Waals surface area (Å²) in [5, 5.41) is 9.83. The van der Waals surface area contributed by atoms with Crippen molar-refractivity contribution in [2.24, 2.45) is 0 Å². The maximum absolute atomic E-state index is 12.7. The van der Waals surface area contributed by atoms with Crippen molar-refractivity contribution in [1.29, 1.82) is 0 Å². The van der Waals surface area contributed by atoms with Crippen LogP contribution in [0.2, 0.25) is 0 Å². The number of H-pyrrole nitrogens is 1. The number of aromatic amines is 1. The Morgan fingerprint density at radius 1 is 1.42 bits per heavy atom. The van der Waals surface area contributed by atoms with Gasteiger partial charge in [0.2, 0.25) is 10.0 Å². The lowest BCUT2D eigenvalue weighted by Gasteiger charge is -2.32. The molecule has 10 heteroatoms. The molecular formula is C16H22N6O3S. The number of hydrogen-bond acceptors (Lipinski definition) is 6. The average Bonchev–Trinajstić information content (AvgIpc) is 3.05. The second-order valence-corrected chi connectivity index (χ2v) is 8.06. The number of aryl methyl sites for hydroxylation is 1. The van der Waals surface area contributed by atoms with Crippen LogP contribution in [0.1, 0.15) is 28.9 Å². The highest BCUT2D eigenvalue weighted by molar-refractivity contribution is 7.89. The van der Waals surface area contributed by atoms with Crippen LogP contribution >= 0.6 is 0 Å². The molecule has 140 valence electrons. The summed E-state index contributed by atoms with van der Waals surface area (Å²) in [5.41, 5.74) is 0.357. The van der Waals surface area contributed by atoms with Gasteiger partial charge in [-0.1, -0.05) is 6.07 Å². The number of nitrogens with one attached hydrogen (secondary N) is 3. The van der Waals surface area contributed by atoms with E-state index >= 15 is 0 Å². The van der Waals surface area contributed by atoms with Gasteiger partial charge >= 0.3 is 0 Å². The topological polar surface area (TPSA) is 120 Å². The molecule has 0 aliphatic carbocycles. The van der Waals surface area contributed by atoms with E-state index in [0.717, 1.165) is 6.54 Å². The Morgan fingerprint density at radius 3 is 2.92 bits per heavy atom. The molecular weight excluding hydrogens is 356 g/mol. The predicted molar refractivity (Wildman–Crippen MR) is 95.0 cm³/mol. The minimum Gasteiger partial charge on any atom is -0.336 e. The summed E-state index contributed by atoms with van der Waals surface area (Å²) in [4.78, 5) is 18.5. The summed E-state index contributed by atoms with van der Waals surface area (Å²) >= 11 is 0. The highest BCUT2D eigenvalue weighted by Gasteiger charge is 2.23. The van der Waals surface area contributed by atoms with Gasteiger partial charge in [0.15, 0.2) is 5.82 Å². The lowest BCUT2D eigenvalue weighted by atomic mass is 10.1. The van der Waals surface area contributed by atoms with E-state index in [2.05, 4.69) is 25.2 Å². The number of carbonyl (C=O) groups excluding carboxylic acids is 1. The monoisotopic (exact) mass is 378 g/mol. The third-order valence-electron chi connectivity index (χ3n) is 4.11. The third-order valence-corrected chi connectivity index (χ3v) is 5.51. The van der Waals surface area contributed by atoms with E-state index in [4.69, 9.17) is 0 Å². The third kappa shape index (κ3) is 4.26. The number of benzene rings is 1. The number of rotatable bonds is 5.